The van der Waals surface area contributed by atoms with Crippen LogP contribution in [-0.4, -0.2) is 51.6 Å². The number of aromatic nitrogens is 4. The lowest BCUT2D eigenvalue weighted by Gasteiger charge is -2.39. The number of nitrogens with one attached hydrogen (secondary N) is 1. The molecule has 2 aliphatic carbocycles. The second kappa shape index (κ2) is 7.69. The molecule has 0 radical (unpaired) electrons. The van der Waals surface area contributed by atoms with E-state index < -0.39 is 31.0 Å². The molecule has 166 valence electrons. The molecular formula is C20H24F2N6O3. The minimum atomic E-state index is -2.75. The van der Waals surface area contributed by atoms with Crippen LogP contribution in [0.5, 0.6) is 5.88 Å². The first-order chi connectivity index (χ1) is 14.9. The van der Waals surface area contributed by atoms with Crippen LogP contribution in [0.1, 0.15) is 60.3 Å². The fourth-order valence-corrected chi connectivity index (χ4v) is 3.54. The van der Waals surface area contributed by atoms with Crippen LogP contribution in [0.4, 0.5) is 14.6 Å². The van der Waals surface area contributed by atoms with E-state index in [-0.39, 0.29) is 17.4 Å². The molecule has 3 aliphatic rings. The summed E-state index contributed by atoms with van der Waals surface area (Å²) in [6.45, 7) is 1.25. The number of alkyl halides is 2. The van der Waals surface area contributed by atoms with Gasteiger partial charge in [0.25, 0.3) is 17.7 Å². The molecule has 1 atom stereocenters. The van der Waals surface area contributed by atoms with Crippen molar-refractivity contribution >= 4 is 11.7 Å². The molecule has 11 heteroatoms. The molecule has 0 bridgehead atoms. The van der Waals surface area contributed by atoms with E-state index in [0.29, 0.717) is 36.6 Å². The van der Waals surface area contributed by atoms with E-state index in [9.17, 15) is 13.6 Å². The quantitative estimate of drug-likeness (QED) is 0.642. The Balaban J connectivity index is 1.33. The number of nitrogens with zero attached hydrogens (tertiary/aromatic N) is 5. The van der Waals surface area contributed by atoms with E-state index in [2.05, 4.69) is 25.4 Å². The summed E-state index contributed by atoms with van der Waals surface area (Å²) in [6, 6.07) is -0.399. The van der Waals surface area contributed by atoms with Gasteiger partial charge in [0.1, 0.15) is 0 Å². The van der Waals surface area contributed by atoms with E-state index in [4.69, 9.17) is 9.26 Å². The summed E-state index contributed by atoms with van der Waals surface area (Å²) in [4.78, 5) is 27.1. The van der Waals surface area contributed by atoms with Crippen LogP contribution in [-0.2, 0) is 0 Å². The van der Waals surface area contributed by atoms with Crippen LogP contribution in [0.25, 0.3) is 0 Å². The first kappa shape index (κ1) is 20.1. The topological polar surface area (TPSA) is 106 Å². The van der Waals surface area contributed by atoms with Crippen molar-refractivity contribution in [1.82, 2.24) is 25.4 Å². The van der Waals surface area contributed by atoms with Gasteiger partial charge < -0.3 is 19.5 Å². The van der Waals surface area contributed by atoms with Crippen LogP contribution in [0.2, 0.25) is 0 Å². The molecule has 3 heterocycles. The number of rotatable bonds is 9. The van der Waals surface area contributed by atoms with Gasteiger partial charge in [-0.3, -0.25) is 4.79 Å². The number of carbonyl (C=O) groups is 1. The summed E-state index contributed by atoms with van der Waals surface area (Å²) in [5.74, 6) is -1.03. The Morgan fingerprint density at radius 1 is 1.29 bits per heavy atom. The van der Waals surface area contributed by atoms with Gasteiger partial charge in [-0.25, -0.2) is 18.7 Å². The average molecular weight is 434 g/mol. The summed E-state index contributed by atoms with van der Waals surface area (Å²) >= 11 is 0. The van der Waals surface area contributed by atoms with Crippen molar-refractivity contribution in [2.75, 3.05) is 24.6 Å². The molecule has 0 spiro atoms. The van der Waals surface area contributed by atoms with Crippen LogP contribution >= 0.6 is 0 Å². The van der Waals surface area contributed by atoms with Gasteiger partial charge >= 0.3 is 0 Å². The average Bonchev–Trinajstić information content (AvgIpc) is 3.64. The molecule has 2 aromatic heterocycles. The molecule has 2 aromatic rings. The minimum absolute atomic E-state index is 0.0582. The molecule has 1 unspecified atom stereocenters. The van der Waals surface area contributed by atoms with Gasteiger partial charge in [-0.2, -0.15) is 4.98 Å². The van der Waals surface area contributed by atoms with Crippen molar-refractivity contribution in [3.63, 3.8) is 0 Å². The summed E-state index contributed by atoms with van der Waals surface area (Å²) in [7, 11) is 0. The summed E-state index contributed by atoms with van der Waals surface area (Å²) in [6.07, 6.45) is 6.36. The Bertz CT molecular complexity index is 968. The van der Waals surface area contributed by atoms with Crippen LogP contribution in [0.3, 0.4) is 0 Å². The lowest BCUT2D eigenvalue weighted by atomic mass is 10.1. The number of halogens is 2. The van der Waals surface area contributed by atoms with Crippen LogP contribution in [0.15, 0.2) is 10.7 Å². The lowest BCUT2D eigenvalue weighted by Crippen LogP contribution is -2.56. The Morgan fingerprint density at radius 2 is 2.03 bits per heavy atom. The zero-order chi connectivity index (χ0) is 21.6. The number of amides is 1. The Hall–Kier alpha value is -2.85. The largest absolute Gasteiger partial charge is 0.475 e. The maximum atomic E-state index is 13.3. The molecular weight excluding hydrogens is 410 g/mol. The fourth-order valence-electron chi connectivity index (χ4n) is 3.54. The SMILES string of the molecule is Cc1nc(C(CC2CC2)NC(=O)c2cnc(N3CC(F)(F)C3)c(OCC3CC3)n2)no1. The van der Waals surface area contributed by atoms with E-state index in [1.54, 1.807) is 6.92 Å². The zero-order valence-electron chi connectivity index (χ0n) is 17.2. The standard InChI is InChI=1S/C20H24F2N6O3/c1-11-24-16(27-31-11)14(6-12-2-3-12)25-18(29)15-7-23-17(28-9-20(21,22)10-28)19(26-15)30-8-13-4-5-13/h7,12-14H,2-6,8-10H2,1H3,(H,25,29). The maximum Gasteiger partial charge on any atom is 0.282 e. The third-order valence-corrected chi connectivity index (χ3v) is 5.68. The number of aryl methyl sites for hydroxylation is 1. The van der Waals surface area contributed by atoms with Crippen molar-refractivity contribution in [1.29, 1.82) is 0 Å². The highest BCUT2D eigenvalue weighted by Gasteiger charge is 2.46. The molecule has 3 fully saturated rings. The first-order valence-corrected chi connectivity index (χ1v) is 10.6. The van der Waals surface area contributed by atoms with E-state index in [0.717, 1.165) is 25.7 Å². The Kier molecular flexibility index (Phi) is 4.98. The molecule has 5 rings (SSSR count). The van der Waals surface area contributed by atoms with Crippen molar-refractivity contribution < 1.29 is 22.8 Å². The molecule has 1 amide bonds. The Morgan fingerprint density at radius 3 is 2.65 bits per heavy atom. The second-order valence-electron chi connectivity index (χ2n) is 8.73. The number of carbonyl (C=O) groups excluding carboxylic acids is 1. The molecule has 2 saturated carbocycles. The molecule has 31 heavy (non-hydrogen) atoms. The molecule has 0 aromatic carbocycles. The summed E-state index contributed by atoms with van der Waals surface area (Å²) in [5, 5.41) is 6.86. The summed E-state index contributed by atoms with van der Waals surface area (Å²) in [5.41, 5.74) is 0.0582. The van der Waals surface area contributed by atoms with Gasteiger partial charge in [0.15, 0.2) is 17.3 Å². The van der Waals surface area contributed by atoms with Crippen molar-refractivity contribution in [3.8, 4) is 5.88 Å². The van der Waals surface area contributed by atoms with Gasteiger partial charge in [0, 0.05) is 6.92 Å². The molecule has 9 nitrogen and oxygen atoms in total. The van der Waals surface area contributed by atoms with Gasteiger partial charge in [-0.05, 0) is 31.1 Å². The first-order valence-electron chi connectivity index (χ1n) is 10.6. The van der Waals surface area contributed by atoms with Crippen molar-refractivity contribution in [2.24, 2.45) is 11.8 Å². The highest BCUT2D eigenvalue weighted by Crippen LogP contribution is 2.38. The lowest BCUT2D eigenvalue weighted by molar-refractivity contribution is -0.0270. The number of anilines is 1. The third-order valence-electron chi connectivity index (χ3n) is 5.68. The van der Waals surface area contributed by atoms with Gasteiger partial charge in [-0.15, -0.1) is 0 Å². The van der Waals surface area contributed by atoms with E-state index >= 15 is 0 Å². The summed E-state index contributed by atoms with van der Waals surface area (Å²) < 4.78 is 37.5. The van der Waals surface area contributed by atoms with E-state index in [1.807, 2.05) is 0 Å². The monoisotopic (exact) mass is 434 g/mol. The van der Waals surface area contributed by atoms with Gasteiger partial charge in [0.05, 0.1) is 31.9 Å². The predicted molar refractivity (Wildman–Crippen MR) is 104 cm³/mol. The van der Waals surface area contributed by atoms with Gasteiger partial charge in [-0.1, -0.05) is 18.0 Å². The molecule has 1 saturated heterocycles. The van der Waals surface area contributed by atoms with Crippen LogP contribution in [0, 0.1) is 18.8 Å². The molecule has 1 N–H and O–H groups in total. The van der Waals surface area contributed by atoms with Crippen LogP contribution < -0.4 is 15.0 Å². The highest BCUT2D eigenvalue weighted by molar-refractivity contribution is 5.92. The van der Waals surface area contributed by atoms with E-state index in [1.165, 1.54) is 11.1 Å². The van der Waals surface area contributed by atoms with Crippen molar-refractivity contribution in [3.05, 3.63) is 23.6 Å². The molecule has 1 aliphatic heterocycles. The zero-order valence-corrected chi connectivity index (χ0v) is 17.2. The fraction of sp³-hybridized carbons (Fsp3) is 0.650. The minimum Gasteiger partial charge on any atom is -0.475 e. The maximum absolute atomic E-state index is 13.3. The Labute approximate surface area is 177 Å². The third kappa shape index (κ3) is 4.75. The normalized spacial score (nSPS) is 20.8. The predicted octanol–water partition coefficient (Wildman–Crippen LogP) is 2.68. The smallest absolute Gasteiger partial charge is 0.282 e. The number of ether oxygens (including phenoxy) is 1. The van der Waals surface area contributed by atoms with Gasteiger partial charge in [0.2, 0.25) is 5.89 Å². The number of hydrogen-bond acceptors (Lipinski definition) is 8. The second-order valence-corrected chi connectivity index (χ2v) is 8.73. The highest BCUT2D eigenvalue weighted by atomic mass is 19.3. The van der Waals surface area contributed by atoms with Crippen molar-refractivity contribution in [2.45, 2.75) is 51.0 Å². The number of hydrogen-bond donors (Lipinski definition) is 1.